The molecule has 0 radical (unpaired) electrons. The Morgan fingerprint density at radius 2 is 2.06 bits per heavy atom. The first-order chi connectivity index (χ1) is 14.9. The van der Waals surface area contributed by atoms with Crippen molar-refractivity contribution in [3.8, 4) is 5.75 Å². The van der Waals surface area contributed by atoms with Gasteiger partial charge in [0.2, 0.25) is 0 Å². The smallest absolute Gasteiger partial charge is 0.302 e. The molecule has 0 N–H and O–H groups in total. The minimum atomic E-state index is -0.378. The molecule has 1 aliphatic carbocycles. The topological polar surface area (TPSA) is 77.4 Å². The predicted molar refractivity (Wildman–Crippen MR) is 113 cm³/mol. The first-order valence-corrected chi connectivity index (χ1v) is 11.2. The van der Waals surface area contributed by atoms with Crippen LogP contribution in [0.25, 0.3) is 0 Å². The third-order valence-electron chi connectivity index (χ3n) is 8.65. The SMILES string of the molecule is COc1ccc2c(c1)[C@]13C[C@H]4[C@H]([C@H]5C[C@@H](C1=N2)N4[C@@H](C)[C@@H]5COC(C)=O)[C@H]3OC(C)=O. The molecule has 0 aromatic heterocycles. The van der Waals surface area contributed by atoms with Crippen LogP contribution in [-0.2, 0) is 24.5 Å². The van der Waals surface area contributed by atoms with Gasteiger partial charge in [-0.2, -0.15) is 0 Å². The molecule has 4 saturated heterocycles. The van der Waals surface area contributed by atoms with Gasteiger partial charge in [-0.1, -0.05) is 0 Å². The number of carbonyl (C=O) groups is 2. The molecule has 164 valence electrons. The van der Waals surface area contributed by atoms with Crippen LogP contribution in [0.2, 0.25) is 0 Å². The average molecular weight is 424 g/mol. The van der Waals surface area contributed by atoms with Crippen LogP contribution < -0.4 is 4.74 Å². The van der Waals surface area contributed by atoms with Gasteiger partial charge in [0.15, 0.2) is 0 Å². The maximum Gasteiger partial charge on any atom is 0.302 e. The van der Waals surface area contributed by atoms with Crippen LogP contribution in [0.3, 0.4) is 0 Å². The van der Waals surface area contributed by atoms with Gasteiger partial charge in [0.1, 0.15) is 11.9 Å². The number of benzene rings is 1. The normalized spacial score (nSPS) is 42.6. The fourth-order valence-corrected chi connectivity index (χ4v) is 7.76. The summed E-state index contributed by atoms with van der Waals surface area (Å²) in [7, 11) is 1.68. The highest BCUT2D eigenvalue weighted by molar-refractivity contribution is 6.08. The lowest BCUT2D eigenvalue weighted by Gasteiger charge is -2.61. The number of fused-ring (bicyclic) bond motifs is 2. The molecule has 0 amide bonds. The number of aliphatic imine (C=N–C) groups is 1. The Morgan fingerprint density at radius 3 is 2.77 bits per heavy atom. The zero-order chi connectivity index (χ0) is 21.7. The van der Waals surface area contributed by atoms with E-state index < -0.39 is 0 Å². The zero-order valence-corrected chi connectivity index (χ0v) is 18.3. The summed E-state index contributed by atoms with van der Waals surface area (Å²) in [6.07, 6.45) is 1.63. The Labute approximate surface area is 181 Å². The summed E-state index contributed by atoms with van der Waals surface area (Å²) < 4.78 is 17.2. The van der Waals surface area contributed by atoms with Crippen LogP contribution in [0.5, 0.6) is 5.75 Å². The number of rotatable bonds is 4. The molecule has 1 aromatic rings. The largest absolute Gasteiger partial charge is 0.497 e. The van der Waals surface area contributed by atoms with E-state index in [0.29, 0.717) is 24.6 Å². The first-order valence-electron chi connectivity index (χ1n) is 11.2. The lowest BCUT2D eigenvalue weighted by molar-refractivity contribution is -0.165. The van der Waals surface area contributed by atoms with Crippen LogP contribution in [0.1, 0.15) is 39.2 Å². The maximum absolute atomic E-state index is 12.3. The Hall–Kier alpha value is -2.41. The van der Waals surface area contributed by atoms with Gasteiger partial charge < -0.3 is 14.2 Å². The number of hydrogen-bond acceptors (Lipinski definition) is 7. The summed E-state index contributed by atoms with van der Waals surface area (Å²) in [5.74, 6) is 1.09. The van der Waals surface area contributed by atoms with E-state index >= 15 is 0 Å². The number of nitrogens with zero attached hydrogens (tertiary/aromatic N) is 2. The fraction of sp³-hybridized carbons (Fsp3) is 0.625. The second-order valence-corrected chi connectivity index (χ2v) is 9.80. The monoisotopic (exact) mass is 424 g/mol. The molecule has 7 nitrogen and oxygen atoms in total. The van der Waals surface area contributed by atoms with E-state index in [0.717, 1.165) is 35.6 Å². The quantitative estimate of drug-likeness (QED) is 0.692. The minimum absolute atomic E-state index is 0.210. The van der Waals surface area contributed by atoms with E-state index in [-0.39, 0.29) is 41.3 Å². The van der Waals surface area contributed by atoms with Crippen LogP contribution in [-0.4, -0.2) is 60.5 Å². The predicted octanol–water partition coefficient (Wildman–Crippen LogP) is 2.62. The third-order valence-corrected chi connectivity index (χ3v) is 8.65. The molecule has 5 aliphatic heterocycles. The number of ether oxygens (including phenoxy) is 3. The molecule has 6 aliphatic rings. The van der Waals surface area contributed by atoms with Crippen molar-refractivity contribution >= 4 is 23.3 Å². The highest BCUT2D eigenvalue weighted by Crippen LogP contribution is 2.67. The van der Waals surface area contributed by atoms with E-state index in [4.69, 9.17) is 19.2 Å². The minimum Gasteiger partial charge on any atom is -0.497 e. The second kappa shape index (κ2) is 6.31. The van der Waals surface area contributed by atoms with Gasteiger partial charge in [-0.15, -0.1) is 0 Å². The van der Waals surface area contributed by atoms with Crippen LogP contribution >= 0.6 is 0 Å². The van der Waals surface area contributed by atoms with Crippen molar-refractivity contribution in [3.05, 3.63) is 23.8 Å². The number of carbonyl (C=O) groups excluding carboxylic acids is 2. The highest BCUT2D eigenvalue weighted by atomic mass is 16.5. The number of esters is 2. The molecule has 1 aromatic carbocycles. The van der Waals surface area contributed by atoms with Gasteiger partial charge in [-0.25, -0.2) is 0 Å². The van der Waals surface area contributed by atoms with Crippen molar-refractivity contribution in [2.45, 2.75) is 63.3 Å². The fourth-order valence-electron chi connectivity index (χ4n) is 7.76. The van der Waals surface area contributed by atoms with Crippen molar-refractivity contribution in [2.75, 3.05) is 13.7 Å². The van der Waals surface area contributed by atoms with Gasteiger partial charge in [0, 0.05) is 37.8 Å². The molecule has 1 saturated carbocycles. The summed E-state index contributed by atoms with van der Waals surface area (Å²) in [6, 6.07) is 6.94. The molecular weight excluding hydrogens is 396 g/mol. The van der Waals surface area contributed by atoms with Crippen molar-refractivity contribution in [1.29, 1.82) is 0 Å². The van der Waals surface area contributed by atoms with Crippen molar-refractivity contribution in [1.82, 2.24) is 4.90 Å². The Morgan fingerprint density at radius 1 is 1.26 bits per heavy atom. The lowest BCUT2D eigenvalue weighted by Crippen LogP contribution is -2.70. The average Bonchev–Trinajstić information content (AvgIpc) is 3.19. The maximum atomic E-state index is 12.3. The summed E-state index contributed by atoms with van der Waals surface area (Å²) in [4.78, 5) is 31.6. The Kier molecular flexibility index (Phi) is 3.93. The van der Waals surface area contributed by atoms with Crippen LogP contribution in [0.4, 0.5) is 5.69 Å². The van der Waals surface area contributed by atoms with Crippen molar-refractivity contribution in [2.24, 2.45) is 22.7 Å². The van der Waals surface area contributed by atoms with Gasteiger partial charge in [-0.05, 0) is 49.4 Å². The molecule has 9 atom stereocenters. The van der Waals surface area contributed by atoms with E-state index in [1.165, 1.54) is 13.8 Å². The molecule has 7 heteroatoms. The molecule has 5 heterocycles. The lowest BCUT2D eigenvalue weighted by atomic mass is 9.62. The molecule has 1 unspecified atom stereocenters. The standard InChI is InChI=1S/C24H28N2O5/c1-11-16(10-30-12(2)27)15-8-19-22-24(17-7-14(29-4)5-6-18(17)25-22)9-20(26(11)19)21(15)23(24)31-13(3)28/h5-7,11,15-16,19-21,23H,8-10H2,1-4H3/t11-,15-,16-,19-,20-,21-,23+,24+/m0/s1. The molecule has 1 spiro atoms. The summed E-state index contributed by atoms with van der Waals surface area (Å²) in [6.45, 7) is 5.64. The molecule has 5 fully saturated rings. The number of piperidine rings is 4. The zero-order valence-electron chi connectivity index (χ0n) is 18.3. The van der Waals surface area contributed by atoms with Crippen LogP contribution in [0, 0.1) is 17.8 Å². The third kappa shape index (κ3) is 2.30. The number of methoxy groups -OCH3 is 1. The van der Waals surface area contributed by atoms with Gasteiger partial charge in [-0.3, -0.25) is 19.5 Å². The van der Waals surface area contributed by atoms with E-state index in [1.54, 1.807) is 7.11 Å². The summed E-state index contributed by atoms with van der Waals surface area (Å²) in [5, 5.41) is 0. The Bertz CT molecular complexity index is 1020. The second-order valence-electron chi connectivity index (χ2n) is 9.80. The van der Waals surface area contributed by atoms with E-state index in [2.05, 4.69) is 17.9 Å². The van der Waals surface area contributed by atoms with Crippen molar-refractivity contribution in [3.63, 3.8) is 0 Å². The van der Waals surface area contributed by atoms with Crippen LogP contribution in [0.15, 0.2) is 23.2 Å². The Balaban J connectivity index is 1.50. The molecule has 5 bridgehead atoms. The van der Waals surface area contributed by atoms with Crippen molar-refractivity contribution < 1.29 is 23.8 Å². The van der Waals surface area contributed by atoms with Gasteiger partial charge >= 0.3 is 11.9 Å². The first kappa shape index (κ1) is 19.3. The molecule has 7 rings (SSSR count). The van der Waals surface area contributed by atoms with E-state index in [9.17, 15) is 9.59 Å². The van der Waals surface area contributed by atoms with E-state index in [1.807, 2.05) is 12.1 Å². The summed E-state index contributed by atoms with van der Waals surface area (Å²) >= 11 is 0. The van der Waals surface area contributed by atoms with Gasteiger partial charge in [0.25, 0.3) is 0 Å². The molecule has 31 heavy (non-hydrogen) atoms. The molecular formula is C24H28N2O5. The number of hydrogen-bond donors (Lipinski definition) is 0. The summed E-state index contributed by atoms with van der Waals surface area (Å²) in [5.41, 5.74) is 2.89. The van der Waals surface area contributed by atoms with Gasteiger partial charge in [0.05, 0.1) is 36.6 Å². The highest BCUT2D eigenvalue weighted by Gasteiger charge is 2.75.